The molecule has 2 atom stereocenters. The molecule has 1 fully saturated rings. The number of rotatable bonds is 5. The molecule has 23 heavy (non-hydrogen) atoms. The molecule has 4 N–H and O–H groups in total. The maximum Gasteiger partial charge on any atom is 0.321 e. The smallest absolute Gasteiger partial charge is 0.321 e. The van der Waals surface area contributed by atoms with E-state index >= 15 is 0 Å². The molecular formula is C16H25ClN4O2. The Kier molecular flexibility index (Phi) is 8.02. The van der Waals surface area contributed by atoms with Crippen LogP contribution in [0.5, 0.6) is 0 Å². The minimum absolute atomic E-state index is 0. The first kappa shape index (κ1) is 19.4. The lowest BCUT2D eigenvalue weighted by molar-refractivity contribution is -0.120. The predicted octanol–water partition coefficient (Wildman–Crippen LogP) is 0.928. The van der Waals surface area contributed by atoms with E-state index in [1.165, 1.54) is 5.56 Å². The van der Waals surface area contributed by atoms with Crippen molar-refractivity contribution in [1.29, 1.82) is 0 Å². The van der Waals surface area contributed by atoms with Crippen LogP contribution >= 0.6 is 12.4 Å². The van der Waals surface area contributed by atoms with E-state index in [4.69, 9.17) is 5.73 Å². The Hall–Kier alpha value is -1.63. The summed E-state index contributed by atoms with van der Waals surface area (Å²) < 4.78 is 0. The number of likely N-dealkylation sites (tertiary alicyclic amines) is 1. The van der Waals surface area contributed by atoms with Crippen molar-refractivity contribution in [2.45, 2.75) is 12.8 Å². The minimum atomic E-state index is -0.443. The summed E-state index contributed by atoms with van der Waals surface area (Å²) in [6.07, 6.45) is 0. The van der Waals surface area contributed by atoms with E-state index in [1.807, 2.05) is 18.2 Å². The molecule has 0 unspecified atom stereocenters. The van der Waals surface area contributed by atoms with Gasteiger partial charge in [0.25, 0.3) is 0 Å². The number of benzene rings is 1. The molecule has 1 aliphatic heterocycles. The number of urea groups is 1. The van der Waals surface area contributed by atoms with Gasteiger partial charge >= 0.3 is 6.03 Å². The second-order valence-corrected chi connectivity index (χ2v) is 5.61. The van der Waals surface area contributed by atoms with Crippen LogP contribution < -0.4 is 16.4 Å². The Bertz CT molecular complexity index is 512. The van der Waals surface area contributed by atoms with Gasteiger partial charge in [-0.25, -0.2) is 4.79 Å². The Balaban J connectivity index is 0.00000264. The zero-order chi connectivity index (χ0) is 15.9. The van der Waals surface area contributed by atoms with Gasteiger partial charge in [-0.1, -0.05) is 30.3 Å². The molecule has 0 aromatic heterocycles. The van der Waals surface area contributed by atoms with Gasteiger partial charge in [0.2, 0.25) is 5.91 Å². The van der Waals surface area contributed by atoms with Crippen LogP contribution in [0.2, 0.25) is 0 Å². The number of nitrogens with zero attached hydrogens (tertiary/aromatic N) is 1. The Labute approximate surface area is 143 Å². The van der Waals surface area contributed by atoms with E-state index in [2.05, 4.69) is 27.7 Å². The maximum atomic E-state index is 11.9. The lowest BCUT2D eigenvalue weighted by atomic mass is 9.89. The summed E-state index contributed by atoms with van der Waals surface area (Å²) >= 11 is 0. The molecule has 1 heterocycles. The SMILES string of the molecule is CCNC(=O)NC(=O)CN1C[C@@H](CN)[C@H](c2ccccc2)C1.Cl. The normalized spacial score (nSPS) is 20.6. The highest BCUT2D eigenvalue weighted by Crippen LogP contribution is 2.31. The highest BCUT2D eigenvalue weighted by molar-refractivity contribution is 5.95. The summed E-state index contributed by atoms with van der Waals surface area (Å²) in [7, 11) is 0. The maximum absolute atomic E-state index is 11.9. The highest BCUT2D eigenvalue weighted by atomic mass is 35.5. The molecule has 3 amide bonds. The lowest BCUT2D eigenvalue weighted by Gasteiger charge is -2.16. The molecule has 1 aliphatic rings. The number of carbonyl (C=O) groups is 2. The van der Waals surface area contributed by atoms with Crippen LogP contribution in [0.3, 0.4) is 0 Å². The van der Waals surface area contributed by atoms with E-state index in [0.717, 1.165) is 13.1 Å². The number of carbonyl (C=O) groups excluding carboxylic acids is 2. The summed E-state index contributed by atoms with van der Waals surface area (Å²) in [5.74, 6) is 0.388. The molecule has 0 saturated carbocycles. The summed E-state index contributed by atoms with van der Waals surface area (Å²) in [6, 6.07) is 9.80. The largest absolute Gasteiger partial charge is 0.338 e. The van der Waals surface area contributed by atoms with Gasteiger partial charge in [0.1, 0.15) is 0 Å². The zero-order valence-electron chi connectivity index (χ0n) is 13.3. The fourth-order valence-corrected chi connectivity index (χ4v) is 2.98. The molecule has 0 aliphatic carbocycles. The molecule has 1 aromatic rings. The van der Waals surface area contributed by atoms with Crippen LogP contribution in [-0.4, -0.2) is 49.6 Å². The number of imide groups is 1. The van der Waals surface area contributed by atoms with Crippen molar-refractivity contribution >= 4 is 24.3 Å². The molecule has 7 heteroatoms. The number of nitrogens with one attached hydrogen (secondary N) is 2. The van der Waals surface area contributed by atoms with Gasteiger partial charge in [-0.15, -0.1) is 12.4 Å². The van der Waals surface area contributed by atoms with Crippen LogP contribution in [0, 0.1) is 5.92 Å². The van der Waals surface area contributed by atoms with Gasteiger partial charge in [0, 0.05) is 25.6 Å². The Morgan fingerprint density at radius 3 is 2.57 bits per heavy atom. The van der Waals surface area contributed by atoms with Gasteiger partial charge in [0.05, 0.1) is 6.54 Å². The molecule has 2 rings (SSSR count). The Morgan fingerprint density at radius 1 is 1.26 bits per heavy atom. The van der Waals surface area contributed by atoms with Crippen LogP contribution in [0.15, 0.2) is 30.3 Å². The summed E-state index contributed by atoms with van der Waals surface area (Å²) in [5.41, 5.74) is 7.14. The van der Waals surface area contributed by atoms with Crippen molar-refractivity contribution in [2.75, 3.05) is 32.7 Å². The first-order valence-corrected chi connectivity index (χ1v) is 7.69. The predicted molar refractivity (Wildman–Crippen MR) is 92.6 cm³/mol. The van der Waals surface area contributed by atoms with Gasteiger partial charge < -0.3 is 11.1 Å². The van der Waals surface area contributed by atoms with Gasteiger partial charge in [-0.05, 0) is 24.9 Å². The third-order valence-electron chi connectivity index (χ3n) is 4.00. The second-order valence-electron chi connectivity index (χ2n) is 5.61. The van der Waals surface area contributed by atoms with Crippen molar-refractivity contribution < 1.29 is 9.59 Å². The molecule has 1 aromatic carbocycles. The quantitative estimate of drug-likeness (QED) is 0.744. The van der Waals surface area contributed by atoms with Crippen LogP contribution in [0.25, 0.3) is 0 Å². The van der Waals surface area contributed by atoms with Crippen molar-refractivity contribution in [2.24, 2.45) is 11.7 Å². The molecule has 0 spiro atoms. The molecule has 0 radical (unpaired) electrons. The average Bonchev–Trinajstić information content (AvgIpc) is 2.91. The average molecular weight is 341 g/mol. The number of halogens is 1. The molecule has 6 nitrogen and oxygen atoms in total. The van der Waals surface area contributed by atoms with Crippen molar-refractivity contribution in [3.63, 3.8) is 0 Å². The van der Waals surface area contributed by atoms with E-state index in [0.29, 0.717) is 24.9 Å². The van der Waals surface area contributed by atoms with E-state index < -0.39 is 6.03 Å². The van der Waals surface area contributed by atoms with Crippen molar-refractivity contribution in [1.82, 2.24) is 15.5 Å². The molecular weight excluding hydrogens is 316 g/mol. The fraction of sp³-hybridized carbons (Fsp3) is 0.500. The number of amides is 3. The van der Waals surface area contributed by atoms with E-state index in [9.17, 15) is 9.59 Å². The topological polar surface area (TPSA) is 87.5 Å². The highest BCUT2D eigenvalue weighted by Gasteiger charge is 2.33. The standard InChI is InChI=1S/C16H24N4O2.ClH/c1-2-18-16(22)19-15(21)11-20-9-13(8-17)14(10-20)12-6-4-3-5-7-12;/h3-7,13-14H,2,8-11,17H2,1H3,(H2,18,19,21,22);1H/t13-,14+;/m1./s1. The summed E-state index contributed by atoms with van der Waals surface area (Å²) in [4.78, 5) is 25.3. The van der Waals surface area contributed by atoms with Crippen molar-refractivity contribution in [3.05, 3.63) is 35.9 Å². The van der Waals surface area contributed by atoms with Gasteiger partial charge in [-0.2, -0.15) is 0 Å². The minimum Gasteiger partial charge on any atom is -0.338 e. The molecule has 0 bridgehead atoms. The van der Waals surface area contributed by atoms with Crippen LogP contribution in [0.1, 0.15) is 18.4 Å². The first-order valence-electron chi connectivity index (χ1n) is 7.69. The van der Waals surface area contributed by atoms with Gasteiger partial charge in [0.15, 0.2) is 0 Å². The third-order valence-corrected chi connectivity index (χ3v) is 4.00. The second kappa shape index (κ2) is 9.50. The third kappa shape index (κ3) is 5.49. The summed E-state index contributed by atoms with van der Waals surface area (Å²) in [5, 5.41) is 4.88. The van der Waals surface area contributed by atoms with Crippen LogP contribution in [-0.2, 0) is 4.79 Å². The lowest BCUT2D eigenvalue weighted by Crippen LogP contribution is -2.44. The fourth-order valence-electron chi connectivity index (χ4n) is 2.98. The number of hydrogen-bond donors (Lipinski definition) is 3. The first-order chi connectivity index (χ1) is 10.6. The number of nitrogens with two attached hydrogens (primary N) is 1. The molecule has 128 valence electrons. The zero-order valence-corrected chi connectivity index (χ0v) is 14.1. The Morgan fingerprint density at radius 2 is 1.96 bits per heavy atom. The molecule has 1 saturated heterocycles. The number of hydrogen-bond acceptors (Lipinski definition) is 4. The van der Waals surface area contributed by atoms with E-state index in [-0.39, 0.29) is 24.9 Å². The van der Waals surface area contributed by atoms with Crippen molar-refractivity contribution in [3.8, 4) is 0 Å². The van der Waals surface area contributed by atoms with Crippen LogP contribution in [0.4, 0.5) is 4.79 Å². The van der Waals surface area contributed by atoms with E-state index in [1.54, 1.807) is 6.92 Å². The summed E-state index contributed by atoms with van der Waals surface area (Å²) in [6.45, 7) is 4.67. The monoisotopic (exact) mass is 340 g/mol. The van der Waals surface area contributed by atoms with Gasteiger partial charge in [-0.3, -0.25) is 15.0 Å².